The van der Waals surface area contributed by atoms with E-state index in [-0.39, 0.29) is 5.56 Å². The second kappa shape index (κ2) is 6.29. The van der Waals surface area contributed by atoms with Gasteiger partial charge in [0.15, 0.2) is 0 Å². The lowest BCUT2D eigenvalue weighted by atomic mass is 10.2. The number of hydrogen-bond acceptors (Lipinski definition) is 6. The summed E-state index contributed by atoms with van der Waals surface area (Å²) in [6, 6.07) is 11.4. The van der Waals surface area contributed by atoms with Gasteiger partial charge >= 0.3 is 0 Å². The zero-order valence-corrected chi connectivity index (χ0v) is 13.1. The maximum Gasteiger partial charge on any atom is 0.249 e. The number of nitrogens with one attached hydrogen (secondary N) is 3. The monoisotopic (exact) mass is 322 g/mol. The molecule has 0 unspecified atom stereocenters. The van der Waals surface area contributed by atoms with Gasteiger partial charge in [0, 0.05) is 55.2 Å². The molecule has 4 rings (SSSR count). The highest BCUT2D eigenvalue weighted by Crippen LogP contribution is 2.20. The maximum absolute atomic E-state index is 11.4. The van der Waals surface area contributed by atoms with E-state index in [1.54, 1.807) is 12.3 Å². The highest BCUT2D eigenvalue weighted by Gasteiger charge is 2.10. The summed E-state index contributed by atoms with van der Waals surface area (Å²) in [5.41, 5.74) is 2.47. The minimum absolute atomic E-state index is 0.174. The number of piperazine rings is 1. The Morgan fingerprint density at radius 1 is 1.04 bits per heavy atom. The second-order valence-corrected chi connectivity index (χ2v) is 5.73. The summed E-state index contributed by atoms with van der Waals surface area (Å²) in [5, 5.41) is 7.32. The number of aromatic nitrogens is 3. The molecule has 1 aliphatic rings. The average Bonchev–Trinajstić information content (AvgIpc) is 2.63. The van der Waals surface area contributed by atoms with Crippen molar-refractivity contribution in [2.75, 3.05) is 36.4 Å². The van der Waals surface area contributed by atoms with Crippen molar-refractivity contribution in [1.29, 1.82) is 0 Å². The molecule has 2 aromatic heterocycles. The number of benzene rings is 1. The molecule has 0 aliphatic carbocycles. The van der Waals surface area contributed by atoms with Crippen LogP contribution in [0.2, 0.25) is 0 Å². The Balaban J connectivity index is 1.53. The highest BCUT2D eigenvalue weighted by atomic mass is 16.1. The van der Waals surface area contributed by atoms with Gasteiger partial charge in [0.2, 0.25) is 11.5 Å². The van der Waals surface area contributed by atoms with E-state index in [2.05, 4.69) is 42.6 Å². The van der Waals surface area contributed by atoms with E-state index >= 15 is 0 Å². The van der Waals surface area contributed by atoms with Crippen LogP contribution in [-0.4, -0.2) is 41.1 Å². The first-order chi connectivity index (χ1) is 11.8. The molecule has 3 N–H and O–H groups in total. The topological polar surface area (TPSA) is 85.9 Å². The van der Waals surface area contributed by atoms with Gasteiger partial charge < -0.3 is 20.5 Å². The molecule has 1 aromatic carbocycles. The van der Waals surface area contributed by atoms with Gasteiger partial charge in [-0.15, -0.1) is 0 Å². The molecular weight excluding hydrogens is 304 g/mol. The third kappa shape index (κ3) is 3.07. The highest BCUT2D eigenvalue weighted by molar-refractivity contribution is 5.74. The normalized spacial score (nSPS) is 14.8. The van der Waals surface area contributed by atoms with Crippen LogP contribution in [0.4, 0.5) is 17.3 Å². The van der Waals surface area contributed by atoms with Crippen LogP contribution in [0.3, 0.4) is 0 Å². The molecule has 0 atom stereocenters. The summed E-state index contributed by atoms with van der Waals surface area (Å²) >= 11 is 0. The van der Waals surface area contributed by atoms with Gasteiger partial charge in [-0.1, -0.05) is 0 Å². The Hall–Kier alpha value is -2.93. The third-order valence-electron chi connectivity index (χ3n) is 4.08. The van der Waals surface area contributed by atoms with Crippen LogP contribution >= 0.6 is 0 Å². The zero-order chi connectivity index (χ0) is 16.4. The Morgan fingerprint density at radius 2 is 1.83 bits per heavy atom. The molecule has 3 heterocycles. The maximum atomic E-state index is 11.4. The van der Waals surface area contributed by atoms with Gasteiger partial charge in [-0.3, -0.25) is 4.79 Å². The number of aromatic amines is 1. The van der Waals surface area contributed by atoms with Gasteiger partial charge in [-0.25, -0.2) is 4.98 Å². The summed E-state index contributed by atoms with van der Waals surface area (Å²) < 4.78 is 0. The number of H-pyrrole nitrogens is 1. The van der Waals surface area contributed by atoms with Crippen LogP contribution in [-0.2, 0) is 0 Å². The van der Waals surface area contributed by atoms with Gasteiger partial charge in [-0.05, 0) is 30.3 Å². The summed E-state index contributed by atoms with van der Waals surface area (Å²) in [4.78, 5) is 25.1. The predicted octanol–water partition coefficient (Wildman–Crippen LogP) is 1.47. The van der Waals surface area contributed by atoms with E-state index < -0.39 is 0 Å². The molecular formula is C17H18N6O. The predicted molar refractivity (Wildman–Crippen MR) is 95.0 cm³/mol. The molecule has 0 bridgehead atoms. The first-order valence-corrected chi connectivity index (χ1v) is 7.97. The summed E-state index contributed by atoms with van der Waals surface area (Å²) in [7, 11) is 0. The Labute approximate surface area is 138 Å². The minimum atomic E-state index is -0.174. The fraction of sp³-hybridized carbons (Fsp3) is 0.235. The second-order valence-electron chi connectivity index (χ2n) is 5.73. The lowest BCUT2D eigenvalue weighted by Crippen LogP contribution is -2.43. The Morgan fingerprint density at radius 3 is 2.62 bits per heavy atom. The molecule has 0 amide bonds. The van der Waals surface area contributed by atoms with Crippen molar-refractivity contribution in [2.24, 2.45) is 0 Å². The number of rotatable bonds is 3. The fourth-order valence-corrected chi connectivity index (χ4v) is 2.81. The molecule has 122 valence electrons. The SMILES string of the molecule is O=c1ccc2cnc(Nc3ccc(N4CCNCC4)cc3)nc2[nH]1. The van der Waals surface area contributed by atoms with E-state index in [1.165, 1.54) is 11.8 Å². The molecule has 24 heavy (non-hydrogen) atoms. The zero-order valence-electron chi connectivity index (χ0n) is 13.1. The quantitative estimate of drug-likeness (QED) is 0.677. The number of hydrogen-bond donors (Lipinski definition) is 3. The van der Waals surface area contributed by atoms with Crippen molar-refractivity contribution in [2.45, 2.75) is 0 Å². The molecule has 0 saturated carbocycles. The largest absolute Gasteiger partial charge is 0.369 e. The molecule has 7 nitrogen and oxygen atoms in total. The average molecular weight is 322 g/mol. The van der Waals surface area contributed by atoms with Gasteiger partial charge in [0.25, 0.3) is 0 Å². The van der Waals surface area contributed by atoms with Crippen LogP contribution < -0.4 is 21.1 Å². The van der Waals surface area contributed by atoms with E-state index in [9.17, 15) is 4.79 Å². The third-order valence-corrected chi connectivity index (χ3v) is 4.08. The van der Waals surface area contributed by atoms with Crippen LogP contribution in [0.15, 0.2) is 47.4 Å². The van der Waals surface area contributed by atoms with Crippen molar-refractivity contribution in [3.63, 3.8) is 0 Å². The summed E-state index contributed by atoms with van der Waals surface area (Å²) in [5.74, 6) is 0.458. The molecule has 0 radical (unpaired) electrons. The number of fused-ring (bicyclic) bond motifs is 1. The minimum Gasteiger partial charge on any atom is -0.369 e. The van der Waals surface area contributed by atoms with Crippen LogP contribution in [0.1, 0.15) is 0 Å². The van der Waals surface area contributed by atoms with Gasteiger partial charge in [0.1, 0.15) is 5.65 Å². The molecule has 7 heteroatoms. The van der Waals surface area contributed by atoms with E-state index in [0.717, 1.165) is 37.3 Å². The van der Waals surface area contributed by atoms with E-state index in [4.69, 9.17) is 0 Å². The summed E-state index contributed by atoms with van der Waals surface area (Å²) in [6.45, 7) is 4.08. The standard InChI is InChI=1S/C17H18N6O/c24-15-6-1-12-11-19-17(22-16(12)21-15)20-13-2-4-14(5-3-13)23-9-7-18-8-10-23/h1-6,11,18H,7-10H2,(H2,19,20,21,22,24). The molecule has 0 spiro atoms. The van der Waals surface area contributed by atoms with Crippen molar-refractivity contribution < 1.29 is 0 Å². The van der Waals surface area contributed by atoms with Gasteiger partial charge in [0.05, 0.1) is 0 Å². The lowest BCUT2D eigenvalue weighted by Gasteiger charge is -2.29. The van der Waals surface area contributed by atoms with E-state index in [1.807, 2.05) is 12.1 Å². The smallest absolute Gasteiger partial charge is 0.249 e. The van der Waals surface area contributed by atoms with Crippen LogP contribution in [0.5, 0.6) is 0 Å². The number of anilines is 3. The van der Waals surface area contributed by atoms with E-state index in [0.29, 0.717) is 11.6 Å². The fourth-order valence-electron chi connectivity index (χ4n) is 2.81. The molecule has 1 aliphatic heterocycles. The van der Waals surface area contributed by atoms with Crippen molar-refractivity contribution in [1.82, 2.24) is 20.3 Å². The van der Waals surface area contributed by atoms with Crippen LogP contribution in [0, 0.1) is 0 Å². The molecule has 3 aromatic rings. The Bertz CT molecular complexity index is 899. The Kier molecular flexibility index (Phi) is 3.84. The van der Waals surface area contributed by atoms with Gasteiger partial charge in [-0.2, -0.15) is 4.98 Å². The number of pyridine rings is 1. The number of nitrogens with zero attached hydrogens (tertiary/aromatic N) is 3. The molecule has 1 saturated heterocycles. The molecule has 1 fully saturated rings. The van der Waals surface area contributed by atoms with Crippen LogP contribution in [0.25, 0.3) is 11.0 Å². The van der Waals surface area contributed by atoms with Crippen molar-refractivity contribution in [3.05, 3.63) is 52.9 Å². The first-order valence-electron chi connectivity index (χ1n) is 7.97. The first kappa shape index (κ1) is 14.6. The van der Waals surface area contributed by atoms with Crippen molar-refractivity contribution >= 4 is 28.4 Å². The van der Waals surface area contributed by atoms with Crippen molar-refractivity contribution in [3.8, 4) is 0 Å². The lowest BCUT2D eigenvalue weighted by molar-refractivity contribution is 0.589. The summed E-state index contributed by atoms with van der Waals surface area (Å²) in [6.07, 6.45) is 1.69.